The van der Waals surface area contributed by atoms with Gasteiger partial charge in [-0.15, -0.1) is 0 Å². The zero-order chi connectivity index (χ0) is 13.1. The Hall–Kier alpha value is -1.65. The van der Waals surface area contributed by atoms with E-state index >= 15 is 0 Å². The summed E-state index contributed by atoms with van der Waals surface area (Å²) in [7, 11) is 0. The highest BCUT2D eigenvalue weighted by Crippen LogP contribution is 2.25. The van der Waals surface area contributed by atoms with Gasteiger partial charge >= 0.3 is 5.97 Å². The fourth-order valence-corrected chi connectivity index (χ4v) is 2.33. The Labute approximate surface area is 107 Å². The summed E-state index contributed by atoms with van der Waals surface area (Å²) in [5.41, 5.74) is 0.669. The van der Waals surface area contributed by atoms with Gasteiger partial charge in [-0.25, -0.2) is 14.8 Å². The maximum absolute atomic E-state index is 10.9. The molecule has 0 saturated heterocycles. The Morgan fingerprint density at radius 3 is 2.61 bits per heavy atom. The molecule has 5 heteroatoms. The van der Waals surface area contributed by atoms with Crippen molar-refractivity contribution in [3.05, 3.63) is 17.5 Å². The van der Waals surface area contributed by atoms with Crippen LogP contribution in [0.15, 0.2) is 6.20 Å². The third-order valence-electron chi connectivity index (χ3n) is 3.56. The summed E-state index contributed by atoms with van der Waals surface area (Å²) in [5, 5.41) is 12.2. The first-order valence-corrected chi connectivity index (χ1v) is 6.39. The van der Waals surface area contributed by atoms with Gasteiger partial charge in [-0.2, -0.15) is 0 Å². The van der Waals surface area contributed by atoms with E-state index in [-0.39, 0.29) is 5.56 Å². The van der Waals surface area contributed by atoms with E-state index < -0.39 is 5.97 Å². The summed E-state index contributed by atoms with van der Waals surface area (Å²) < 4.78 is 0. The van der Waals surface area contributed by atoms with Gasteiger partial charge in [0, 0.05) is 12.2 Å². The summed E-state index contributed by atoms with van der Waals surface area (Å²) in [6.07, 6.45) is 6.08. The molecule has 1 saturated carbocycles. The van der Waals surface area contributed by atoms with Crippen molar-refractivity contribution in [3.63, 3.8) is 0 Å². The third kappa shape index (κ3) is 2.97. The molecule has 1 aliphatic carbocycles. The lowest BCUT2D eigenvalue weighted by molar-refractivity contribution is 0.0695. The first-order chi connectivity index (χ1) is 8.56. The number of anilines is 1. The monoisotopic (exact) mass is 249 g/mol. The lowest BCUT2D eigenvalue weighted by Crippen LogP contribution is -2.26. The number of aromatic carboxylic acids is 1. The number of rotatable bonds is 3. The van der Waals surface area contributed by atoms with Gasteiger partial charge in [0.15, 0.2) is 0 Å². The second-order valence-corrected chi connectivity index (χ2v) is 5.10. The summed E-state index contributed by atoms with van der Waals surface area (Å²) in [4.78, 5) is 19.1. The number of hydrogen-bond donors (Lipinski definition) is 2. The highest BCUT2D eigenvalue weighted by atomic mass is 16.4. The second kappa shape index (κ2) is 5.33. The quantitative estimate of drug-likeness (QED) is 0.860. The molecule has 1 aliphatic rings. The van der Waals surface area contributed by atoms with E-state index in [9.17, 15) is 4.79 Å². The highest BCUT2D eigenvalue weighted by molar-refractivity contribution is 5.88. The molecule has 2 rings (SSSR count). The van der Waals surface area contributed by atoms with Gasteiger partial charge in [0.05, 0.1) is 11.3 Å². The van der Waals surface area contributed by atoms with Crippen molar-refractivity contribution in [2.75, 3.05) is 5.32 Å². The molecule has 0 aliphatic heterocycles. The molecule has 5 nitrogen and oxygen atoms in total. The average Bonchev–Trinajstić information content (AvgIpc) is 2.32. The maximum atomic E-state index is 10.9. The molecular weight excluding hydrogens is 230 g/mol. The molecule has 0 bridgehead atoms. The summed E-state index contributed by atoms with van der Waals surface area (Å²) in [6, 6.07) is 0.413. The Bertz CT molecular complexity index is 440. The normalized spacial score (nSPS) is 23.7. The molecule has 18 heavy (non-hydrogen) atoms. The van der Waals surface area contributed by atoms with E-state index in [2.05, 4.69) is 22.2 Å². The van der Waals surface area contributed by atoms with Crippen LogP contribution in [-0.2, 0) is 0 Å². The Morgan fingerprint density at radius 1 is 1.39 bits per heavy atom. The third-order valence-corrected chi connectivity index (χ3v) is 3.56. The number of aryl methyl sites for hydroxylation is 1. The van der Waals surface area contributed by atoms with Crippen molar-refractivity contribution in [2.45, 2.75) is 45.6 Å². The molecule has 1 heterocycles. The first kappa shape index (κ1) is 12.8. The molecule has 0 atom stereocenters. The Balaban J connectivity index is 2.02. The smallest absolute Gasteiger partial charge is 0.339 e. The molecule has 0 spiro atoms. The molecule has 0 radical (unpaired) electrons. The van der Waals surface area contributed by atoms with Crippen LogP contribution in [0.4, 0.5) is 5.95 Å². The van der Waals surface area contributed by atoms with E-state index in [0.717, 1.165) is 18.8 Å². The summed E-state index contributed by atoms with van der Waals surface area (Å²) in [6.45, 7) is 3.97. The second-order valence-electron chi connectivity index (χ2n) is 5.10. The minimum absolute atomic E-state index is 0.165. The van der Waals surface area contributed by atoms with Crippen molar-refractivity contribution in [3.8, 4) is 0 Å². The van der Waals surface area contributed by atoms with Crippen LogP contribution in [0, 0.1) is 12.8 Å². The Kier molecular flexibility index (Phi) is 3.79. The van der Waals surface area contributed by atoms with Crippen molar-refractivity contribution in [2.24, 2.45) is 5.92 Å². The van der Waals surface area contributed by atoms with Gasteiger partial charge in [0.25, 0.3) is 0 Å². The standard InChI is InChI=1S/C13H19N3O2/c1-8-3-5-10(6-4-8)16-13-14-7-11(12(17)18)9(2)15-13/h7-8,10H,3-6H2,1-2H3,(H,17,18)(H,14,15,16). The van der Waals surface area contributed by atoms with E-state index in [4.69, 9.17) is 5.11 Å². The van der Waals surface area contributed by atoms with Gasteiger partial charge in [-0.1, -0.05) is 6.92 Å². The fraction of sp³-hybridized carbons (Fsp3) is 0.615. The highest BCUT2D eigenvalue weighted by Gasteiger charge is 2.19. The van der Waals surface area contributed by atoms with Crippen molar-refractivity contribution < 1.29 is 9.90 Å². The van der Waals surface area contributed by atoms with E-state index in [1.807, 2.05) is 0 Å². The minimum atomic E-state index is -0.981. The molecule has 1 aromatic rings. The molecule has 0 amide bonds. The fourth-order valence-electron chi connectivity index (χ4n) is 2.33. The van der Waals surface area contributed by atoms with Gasteiger partial charge < -0.3 is 10.4 Å². The largest absolute Gasteiger partial charge is 0.478 e. The molecule has 1 fully saturated rings. The predicted octanol–water partition coefficient (Wildman–Crippen LogP) is 2.47. The molecular formula is C13H19N3O2. The van der Waals surface area contributed by atoms with E-state index in [0.29, 0.717) is 17.7 Å². The molecule has 1 aromatic heterocycles. The lowest BCUT2D eigenvalue weighted by Gasteiger charge is -2.26. The van der Waals surface area contributed by atoms with Crippen LogP contribution in [-0.4, -0.2) is 27.1 Å². The topological polar surface area (TPSA) is 75.1 Å². The van der Waals surface area contributed by atoms with Gasteiger partial charge in [0.1, 0.15) is 0 Å². The molecule has 0 unspecified atom stereocenters. The molecule has 2 N–H and O–H groups in total. The van der Waals surface area contributed by atoms with Crippen LogP contribution in [0.2, 0.25) is 0 Å². The number of aromatic nitrogens is 2. The van der Waals surface area contributed by atoms with Crippen LogP contribution in [0.5, 0.6) is 0 Å². The van der Waals surface area contributed by atoms with Crippen LogP contribution >= 0.6 is 0 Å². The number of nitrogens with one attached hydrogen (secondary N) is 1. The number of carboxylic acid groups (broad SMARTS) is 1. The minimum Gasteiger partial charge on any atom is -0.478 e. The number of nitrogens with zero attached hydrogens (tertiary/aromatic N) is 2. The zero-order valence-corrected chi connectivity index (χ0v) is 10.8. The van der Waals surface area contributed by atoms with Crippen LogP contribution in [0.1, 0.15) is 48.7 Å². The van der Waals surface area contributed by atoms with Crippen molar-refractivity contribution in [1.82, 2.24) is 9.97 Å². The summed E-state index contributed by atoms with van der Waals surface area (Å²) in [5.74, 6) is 0.364. The SMILES string of the molecule is Cc1nc(NC2CCC(C)CC2)ncc1C(=O)O. The molecule has 98 valence electrons. The van der Waals surface area contributed by atoms with Crippen molar-refractivity contribution in [1.29, 1.82) is 0 Å². The lowest BCUT2D eigenvalue weighted by atomic mass is 9.87. The van der Waals surface area contributed by atoms with Gasteiger partial charge in [0.2, 0.25) is 5.95 Å². The van der Waals surface area contributed by atoms with Crippen LogP contribution in [0.3, 0.4) is 0 Å². The van der Waals surface area contributed by atoms with E-state index in [1.54, 1.807) is 6.92 Å². The number of hydrogen-bond acceptors (Lipinski definition) is 4. The van der Waals surface area contributed by atoms with E-state index in [1.165, 1.54) is 19.0 Å². The van der Waals surface area contributed by atoms with Gasteiger partial charge in [-0.05, 0) is 38.5 Å². The molecule has 0 aromatic carbocycles. The summed E-state index contributed by atoms with van der Waals surface area (Å²) >= 11 is 0. The number of carbonyl (C=O) groups is 1. The Morgan fingerprint density at radius 2 is 2.06 bits per heavy atom. The zero-order valence-electron chi connectivity index (χ0n) is 10.8. The average molecular weight is 249 g/mol. The number of carboxylic acids is 1. The van der Waals surface area contributed by atoms with Crippen molar-refractivity contribution >= 4 is 11.9 Å². The predicted molar refractivity (Wildman–Crippen MR) is 68.8 cm³/mol. The van der Waals surface area contributed by atoms with Crippen LogP contribution in [0.25, 0.3) is 0 Å². The first-order valence-electron chi connectivity index (χ1n) is 6.39. The van der Waals surface area contributed by atoms with Crippen LogP contribution < -0.4 is 5.32 Å². The maximum Gasteiger partial charge on any atom is 0.339 e. The van der Waals surface area contributed by atoms with Gasteiger partial charge in [-0.3, -0.25) is 0 Å².